The number of hydrogen-bond donors (Lipinski definition) is 2. The molecule has 0 aliphatic carbocycles. The number of likely N-dealkylation sites (N-methyl/N-ethyl adjacent to an activating group) is 2. The van der Waals surface area contributed by atoms with Crippen LogP contribution in [0.1, 0.15) is 19.3 Å². The molecule has 2 N–H and O–H groups in total. The number of carboxylic acids is 1. The monoisotopic (exact) mass is 230 g/mol. The van der Waals surface area contributed by atoms with Crippen LogP contribution < -0.4 is 0 Å². The second-order valence-corrected chi connectivity index (χ2v) is 4.73. The summed E-state index contributed by atoms with van der Waals surface area (Å²) in [7, 11) is 4.09. The van der Waals surface area contributed by atoms with Crippen molar-refractivity contribution in [2.75, 3.05) is 33.7 Å². The predicted octanol–water partition coefficient (Wildman–Crippen LogP) is -0.152. The molecule has 16 heavy (non-hydrogen) atoms. The Balaban J connectivity index is 2.22. The van der Waals surface area contributed by atoms with Crippen LogP contribution in [0.2, 0.25) is 0 Å². The Morgan fingerprint density at radius 3 is 2.81 bits per heavy atom. The number of likely N-dealkylation sites (tertiary alicyclic amines) is 1. The highest BCUT2D eigenvalue weighted by atomic mass is 16.4. The molecule has 2 unspecified atom stereocenters. The van der Waals surface area contributed by atoms with Crippen LogP contribution in [0.15, 0.2) is 0 Å². The van der Waals surface area contributed by atoms with Crippen LogP contribution in [-0.2, 0) is 4.79 Å². The Hall–Kier alpha value is -0.650. The van der Waals surface area contributed by atoms with Crippen LogP contribution in [0, 0.1) is 0 Å². The fourth-order valence-corrected chi connectivity index (χ4v) is 2.13. The first-order valence-electron chi connectivity index (χ1n) is 5.77. The first-order chi connectivity index (χ1) is 7.49. The molecule has 1 aliphatic heterocycles. The van der Waals surface area contributed by atoms with E-state index in [9.17, 15) is 9.90 Å². The number of aliphatic hydroxyl groups is 1. The molecular formula is C11H22N2O3. The maximum atomic E-state index is 10.4. The second kappa shape index (κ2) is 6.18. The van der Waals surface area contributed by atoms with E-state index in [1.165, 1.54) is 0 Å². The Morgan fingerprint density at radius 2 is 2.31 bits per heavy atom. The normalized spacial score (nSPS) is 23.9. The summed E-state index contributed by atoms with van der Waals surface area (Å²) in [6.07, 6.45) is 0.965. The zero-order chi connectivity index (χ0) is 12.1. The Bertz CT molecular complexity index is 235. The van der Waals surface area contributed by atoms with Crippen LogP contribution in [0.3, 0.4) is 0 Å². The van der Waals surface area contributed by atoms with Gasteiger partial charge in [-0.1, -0.05) is 0 Å². The van der Waals surface area contributed by atoms with Gasteiger partial charge >= 0.3 is 5.97 Å². The van der Waals surface area contributed by atoms with Gasteiger partial charge in [-0.05, 0) is 33.5 Å². The molecule has 0 spiro atoms. The van der Waals surface area contributed by atoms with Gasteiger partial charge in [-0.25, -0.2) is 0 Å². The summed E-state index contributed by atoms with van der Waals surface area (Å²) < 4.78 is 0. The lowest BCUT2D eigenvalue weighted by Crippen LogP contribution is -2.39. The minimum absolute atomic E-state index is 0.0412. The second-order valence-electron chi connectivity index (χ2n) is 4.73. The Kier molecular flexibility index (Phi) is 5.18. The highest BCUT2D eigenvalue weighted by Crippen LogP contribution is 2.13. The third kappa shape index (κ3) is 4.47. The van der Waals surface area contributed by atoms with E-state index in [1.807, 2.05) is 7.05 Å². The van der Waals surface area contributed by atoms with Crippen molar-refractivity contribution in [2.45, 2.75) is 31.4 Å². The summed E-state index contributed by atoms with van der Waals surface area (Å²) in [4.78, 5) is 14.8. The number of nitrogens with zero attached hydrogens (tertiary/aromatic N) is 2. The summed E-state index contributed by atoms with van der Waals surface area (Å²) in [6.45, 7) is 2.69. The highest BCUT2D eigenvalue weighted by Gasteiger charge is 2.24. The molecule has 1 fully saturated rings. The number of aliphatic carboxylic acids is 1. The van der Waals surface area contributed by atoms with Gasteiger partial charge in [0, 0.05) is 25.6 Å². The third-order valence-corrected chi connectivity index (χ3v) is 3.18. The van der Waals surface area contributed by atoms with Gasteiger partial charge in [-0.15, -0.1) is 0 Å². The molecule has 0 amide bonds. The zero-order valence-corrected chi connectivity index (χ0v) is 10.1. The molecule has 5 nitrogen and oxygen atoms in total. The van der Waals surface area contributed by atoms with Crippen LogP contribution in [0.25, 0.3) is 0 Å². The molecular weight excluding hydrogens is 208 g/mol. The van der Waals surface area contributed by atoms with Gasteiger partial charge in [-0.3, -0.25) is 9.69 Å². The largest absolute Gasteiger partial charge is 0.481 e. The molecule has 0 saturated carbocycles. The van der Waals surface area contributed by atoms with Crippen LogP contribution >= 0.6 is 0 Å². The predicted molar refractivity (Wildman–Crippen MR) is 61.4 cm³/mol. The van der Waals surface area contributed by atoms with Crippen LogP contribution in [-0.4, -0.2) is 71.9 Å². The van der Waals surface area contributed by atoms with Gasteiger partial charge < -0.3 is 15.1 Å². The summed E-state index contributed by atoms with van der Waals surface area (Å²) in [5.74, 6) is -0.845. The first-order valence-corrected chi connectivity index (χ1v) is 5.77. The van der Waals surface area contributed by atoms with E-state index in [-0.39, 0.29) is 6.42 Å². The van der Waals surface area contributed by atoms with E-state index >= 15 is 0 Å². The van der Waals surface area contributed by atoms with E-state index in [4.69, 9.17) is 5.11 Å². The SMILES string of the molecule is CN1CCC(N(C)CC(O)CCC(=O)O)C1. The van der Waals surface area contributed by atoms with Crippen molar-refractivity contribution < 1.29 is 15.0 Å². The first kappa shape index (κ1) is 13.4. The molecule has 1 saturated heterocycles. The highest BCUT2D eigenvalue weighted by molar-refractivity contribution is 5.66. The minimum atomic E-state index is -0.845. The molecule has 1 aliphatic rings. The van der Waals surface area contributed by atoms with Gasteiger partial charge in [0.15, 0.2) is 0 Å². The van der Waals surface area contributed by atoms with Crippen LogP contribution in [0.4, 0.5) is 0 Å². The lowest BCUT2D eigenvalue weighted by atomic mass is 10.1. The van der Waals surface area contributed by atoms with Gasteiger partial charge in [0.05, 0.1) is 6.10 Å². The van der Waals surface area contributed by atoms with Crippen molar-refractivity contribution >= 4 is 5.97 Å². The average Bonchev–Trinajstić information content (AvgIpc) is 2.62. The molecule has 0 radical (unpaired) electrons. The smallest absolute Gasteiger partial charge is 0.303 e. The Morgan fingerprint density at radius 1 is 1.62 bits per heavy atom. The van der Waals surface area contributed by atoms with Crippen molar-refractivity contribution in [3.63, 3.8) is 0 Å². The van der Waals surface area contributed by atoms with E-state index in [2.05, 4.69) is 16.8 Å². The fraction of sp³-hybridized carbons (Fsp3) is 0.909. The van der Waals surface area contributed by atoms with E-state index in [0.29, 0.717) is 19.0 Å². The number of carboxylic acid groups (broad SMARTS) is 1. The van der Waals surface area contributed by atoms with Crippen molar-refractivity contribution in [3.8, 4) is 0 Å². The molecule has 1 heterocycles. The molecule has 0 aromatic rings. The number of carbonyl (C=O) groups is 1. The molecule has 94 valence electrons. The summed E-state index contributed by atoms with van der Waals surface area (Å²) in [5, 5.41) is 18.2. The minimum Gasteiger partial charge on any atom is -0.481 e. The van der Waals surface area contributed by atoms with Crippen molar-refractivity contribution in [2.24, 2.45) is 0 Å². The lowest BCUT2D eigenvalue weighted by Gasteiger charge is -2.26. The average molecular weight is 230 g/mol. The molecule has 5 heteroatoms. The molecule has 1 rings (SSSR count). The van der Waals surface area contributed by atoms with E-state index < -0.39 is 12.1 Å². The lowest BCUT2D eigenvalue weighted by molar-refractivity contribution is -0.137. The molecule has 0 aromatic carbocycles. The number of hydrogen-bond acceptors (Lipinski definition) is 4. The van der Waals surface area contributed by atoms with Gasteiger partial charge in [-0.2, -0.15) is 0 Å². The quantitative estimate of drug-likeness (QED) is 0.664. The van der Waals surface area contributed by atoms with Crippen molar-refractivity contribution in [3.05, 3.63) is 0 Å². The van der Waals surface area contributed by atoms with E-state index in [1.54, 1.807) is 0 Å². The zero-order valence-electron chi connectivity index (χ0n) is 10.1. The Labute approximate surface area is 96.7 Å². The third-order valence-electron chi connectivity index (χ3n) is 3.18. The van der Waals surface area contributed by atoms with Gasteiger partial charge in [0.25, 0.3) is 0 Å². The van der Waals surface area contributed by atoms with Crippen molar-refractivity contribution in [1.29, 1.82) is 0 Å². The fourth-order valence-electron chi connectivity index (χ4n) is 2.13. The maximum Gasteiger partial charge on any atom is 0.303 e. The summed E-state index contributed by atoms with van der Waals surface area (Å²) >= 11 is 0. The number of rotatable bonds is 6. The van der Waals surface area contributed by atoms with Gasteiger partial charge in [0.1, 0.15) is 0 Å². The van der Waals surface area contributed by atoms with Gasteiger partial charge in [0.2, 0.25) is 0 Å². The van der Waals surface area contributed by atoms with Crippen molar-refractivity contribution in [1.82, 2.24) is 9.80 Å². The standard InChI is InChI=1S/C11H22N2O3/c1-12-6-5-9(7-12)13(2)8-10(14)3-4-11(15)16/h9-10,14H,3-8H2,1-2H3,(H,15,16). The number of aliphatic hydroxyl groups excluding tert-OH is 1. The molecule has 0 aromatic heterocycles. The van der Waals surface area contributed by atoms with E-state index in [0.717, 1.165) is 19.5 Å². The summed E-state index contributed by atoms with van der Waals surface area (Å²) in [6, 6.07) is 0.490. The maximum absolute atomic E-state index is 10.4. The molecule has 0 bridgehead atoms. The topological polar surface area (TPSA) is 64.0 Å². The van der Waals surface area contributed by atoms with Crippen LogP contribution in [0.5, 0.6) is 0 Å². The molecule has 2 atom stereocenters. The summed E-state index contributed by atoms with van der Waals surface area (Å²) in [5.41, 5.74) is 0.